The molecular weight excluding hydrogens is 422 g/mol. The van der Waals surface area contributed by atoms with Gasteiger partial charge in [-0.05, 0) is 60.2 Å². The number of benzene rings is 3. The van der Waals surface area contributed by atoms with Crippen LogP contribution in [-0.4, -0.2) is 16.8 Å². The predicted molar refractivity (Wildman–Crippen MR) is 104 cm³/mol. The Bertz CT molecular complexity index is 1210. The van der Waals surface area contributed by atoms with Crippen LogP contribution in [0.4, 0.5) is 14.5 Å². The Morgan fingerprint density at radius 2 is 1.34 bits per heavy atom. The molecule has 3 rings (SSSR count). The van der Waals surface area contributed by atoms with Crippen LogP contribution in [0.25, 0.3) is 0 Å². The van der Waals surface area contributed by atoms with Gasteiger partial charge in [0, 0.05) is 12.2 Å². The van der Waals surface area contributed by atoms with E-state index in [0.717, 1.165) is 12.1 Å². The highest BCUT2D eigenvalue weighted by Crippen LogP contribution is 2.19. The lowest BCUT2D eigenvalue weighted by Gasteiger charge is -2.10. The van der Waals surface area contributed by atoms with Gasteiger partial charge in [0.1, 0.15) is 11.6 Å². The molecule has 3 aromatic carbocycles. The lowest BCUT2D eigenvalue weighted by Crippen LogP contribution is -2.23. The van der Waals surface area contributed by atoms with E-state index in [-0.39, 0.29) is 22.0 Å². The fourth-order valence-corrected chi connectivity index (χ4v) is 4.52. The predicted octanol–water partition coefficient (Wildman–Crippen LogP) is 3.24. The average molecular weight is 438 g/mol. The Hall–Kier alpha value is -2.82. The van der Waals surface area contributed by atoms with E-state index in [4.69, 9.17) is 0 Å². The Morgan fingerprint density at radius 1 is 0.690 bits per heavy atom. The van der Waals surface area contributed by atoms with Gasteiger partial charge < -0.3 is 0 Å². The van der Waals surface area contributed by atoms with Crippen LogP contribution in [0.2, 0.25) is 0 Å². The van der Waals surface area contributed by atoms with E-state index < -0.39 is 31.7 Å². The first-order valence-electron chi connectivity index (χ1n) is 8.28. The maximum atomic E-state index is 13.3. The third kappa shape index (κ3) is 5.37. The van der Waals surface area contributed by atoms with Crippen LogP contribution in [0, 0.1) is 11.6 Å². The molecule has 6 nitrogen and oxygen atoms in total. The fourth-order valence-electron chi connectivity index (χ4n) is 2.41. The van der Waals surface area contributed by atoms with Crippen molar-refractivity contribution in [3.8, 4) is 0 Å². The zero-order valence-corrected chi connectivity index (χ0v) is 16.5. The van der Waals surface area contributed by atoms with Gasteiger partial charge in [0.05, 0.1) is 9.79 Å². The SMILES string of the molecule is O=S(=O)(NCc1ccc(F)cc1)c1ccc(NS(=O)(=O)c2cccc(F)c2)cc1. The largest absolute Gasteiger partial charge is 0.280 e. The van der Waals surface area contributed by atoms with Crippen molar-refractivity contribution < 1.29 is 25.6 Å². The summed E-state index contributed by atoms with van der Waals surface area (Å²) in [6.07, 6.45) is 0. The van der Waals surface area contributed by atoms with E-state index >= 15 is 0 Å². The van der Waals surface area contributed by atoms with Gasteiger partial charge in [0.25, 0.3) is 10.0 Å². The zero-order valence-electron chi connectivity index (χ0n) is 14.8. The number of halogens is 2. The van der Waals surface area contributed by atoms with Crippen molar-refractivity contribution in [2.45, 2.75) is 16.3 Å². The smallest absolute Gasteiger partial charge is 0.261 e. The Balaban J connectivity index is 1.71. The minimum Gasteiger partial charge on any atom is -0.280 e. The van der Waals surface area contributed by atoms with Crippen LogP contribution in [0.3, 0.4) is 0 Å². The summed E-state index contributed by atoms with van der Waals surface area (Å²) in [6.45, 7) is -0.0312. The zero-order chi connectivity index (χ0) is 21.1. The van der Waals surface area contributed by atoms with Gasteiger partial charge in [-0.15, -0.1) is 0 Å². The molecule has 3 aromatic rings. The number of hydrogen-bond acceptors (Lipinski definition) is 4. The minimum absolute atomic E-state index is 0.0312. The molecule has 0 aromatic heterocycles. The Labute approximate surface area is 167 Å². The van der Waals surface area contributed by atoms with Crippen LogP contribution >= 0.6 is 0 Å². The molecule has 0 aliphatic heterocycles. The summed E-state index contributed by atoms with van der Waals surface area (Å²) in [5.74, 6) is -1.12. The molecule has 0 radical (unpaired) electrons. The summed E-state index contributed by atoms with van der Waals surface area (Å²) in [7, 11) is -7.88. The van der Waals surface area contributed by atoms with Gasteiger partial charge in [-0.3, -0.25) is 4.72 Å². The third-order valence-electron chi connectivity index (χ3n) is 3.90. The summed E-state index contributed by atoms with van der Waals surface area (Å²) in [6, 6.07) is 14.9. The first-order chi connectivity index (χ1) is 13.7. The molecule has 0 spiro atoms. The van der Waals surface area contributed by atoms with E-state index in [2.05, 4.69) is 9.44 Å². The van der Waals surface area contributed by atoms with E-state index in [1.54, 1.807) is 0 Å². The normalized spacial score (nSPS) is 11.9. The second kappa shape index (κ2) is 8.27. The van der Waals surface area contributed by atoms with Crippen molar-refractivity contribution in [2.75, 3.05) is 4.72 Å². The molecule has 10 heteroatoms. The van der Waals surface area contributed by atoms with Crippen LogP contribution < -0.4 is 9.44 Å². The molecule has 0 aliphatic carbocycles. The summed E-state index contributed by atoms with van der Waals surface area (Å²) < 4.78 is 80.1. The van der Waals surface area contributed by atoms with Crippen molar-refractivity contribution in [2.24, 2.45) is 0 Å². The van der Waals surface area contributed by atoms with E-state index in [1.165, 1.54) is 60.7 Å². The average Bonchev–Trinajstić information content (AvgIpc) is 2.68. The standard InChI is InChI=1S/C19H16F2N2O4S2/c20-15-6-4-14(5-7-15)13-22-28(24,25)18-10-8-17(9-11-18)23-29(26,27)19-3-1-2-16(21)12-19/h1-12,22-23H,13H2. The molecule has 0 unspecified atom stereocenters. The quantitative estimate of drug-likeness (QED) is 0.592. The number of rotatable bonds is 7. The summed E-state index contributed by atoms with van der Waals surface area (Å²) in [4.78, 5) is -0.330. The minimum atomic E-state index is -4.02. The summed E-state index contributed by atoms with van der Waals surface area (Å²) in [5, 5.41) is 0. The van der Waals surface area contributed by atoms with Crippen molar-refractivity contribution in [1.29, 1.82) is 0 Å². The molecule has 0 aliphatic rings. The number of nitrogens with one attached hydrogen (secondary N) is 2. The second-order valence-corrected chi connectivity index (χ2v) is 9.49. The molecule has 0 amide bonds. The maximum absolute atomic E-state index is 13.3. The highest BCUT2D eigenvalue weighted by atomic mass is 32.2. The molecule has 0 heterocycles. The molecule has 0 atom stereocenters. The van der Waals surface area contributed by atoms with Crippen molar-refractivity contribution in [1.82, 2.24) is 4.72 Å². The van der Waals surface area contributed by atoms with Gasteiger partial charge >= 0.3 is 0 Å². The van der Waals surface area contributed by atoms with E-state index in [1.807, 2.05) is 0 Å². The van der Waals surface area contributed by atoms with Gasteiger partial charge in [-0.25, -0.2) is 30.3 Å². The highest BCUT2D eigenvalue weighted by molar-refractivity contribution is 7.92. The summed E-state index contributed by atoms with van der Waals surface area (Å²) in [5.41, 5.74) is 0.696. The van der Waals surface area contributed by atoms with Crippen LogP contribution in [0.5, 0.6) is 0 Å². The molecule has 29 heavy (non-hydrogen) atoms. The highest BCUT2D eigenvalue weighted by Gasteiger charge is 2.17. The Morgan fingerprint density at radius 3 is 1.97 bits per heavy atom. The topological polar surface area (TPSA) is 92.3 Å². The van der Waals surface area contributed by atoms with Crippen LogP contribution in [-0.2, 0) is 26.6 Å². The van der Waals surface area contributed by atoms with Crippen molar-refractivity contribution >= 4 is 25.7 Å². The lowest BCUT2D eigenvalue weighted by molar-refractivity contribution is 0.581. The van der Waals surface area contributed by atoms with E-state index in [0.29, 0.717) is 5.56 Å². The number of anilines is 1. The molecule has 0 bridgehead atoms. The van der Waals surface area contributed by atoms with E-state index in [9.17, 15) is 25.6 Å². The molecule has 0 saturated carbocycles. The fraction of sp³-hybridized carbons (Fsp3) is 0.0526. The molecule has 152 valence electrons. The molecular formula is C19H16F2N2O4S2. The molecule has 2 N–H and O–H groups in total. The van der Waals surface area contributed by atoms with Gasteiger partial charge in [-0.1, -0.05) is 18.2 Å². The lowest BCUT2D eigenvalue weighted by atomic mass is 10.2. The summed E-state index contributed by atoms with van der Waals surface area (Å²) >= 11 is 0. The van der Waals surface area contributed by atoms with Crippen LogP contribution in [0.15, 0.2) is 82.6 Å². The third-order valence-corrected chi connectivity index (χ3v) is 6.70. The van der Waals surface area contributed by atoms with Gasteiger partial charge in [-0.2, -0.15) is 0 Å². The first-order valence-corrected chi connectivity index (χ1v) is 11.2. The van der Waals surface area contributed by atoms with Crippen LogP contribution in [0.1, 0.15) is 5.56 Å². The van der Waals surface area contributed by atoms with Gasteiger partial charge in [0.2, 0.25) is 10.0 Å². The molecule has 0 fully saturated rings. The number of hydrogen-bond donors (Lipinski definition) is 2. The second-order valence-electron chi connectivity index (χ2n) is 6.04. The van der Waals surface area contributed by atoms with Crippen molar-refractivity contribution in [3.63, 3.8) is 0 Å². The van der Waals surface area contributed by atoms with Crippen molar-refractivity contribution in [3.05, 3.63) is 90.0 Å². The molecule has 0 saturated heterocycles. The van der Waals surface area contributed by atoms with Gasteiger partial charge in [0.15, 0.2) is 0 Å². The Kier molecular flexibility index (Phi) is 5.96. The number of sulfonamides is 2. The monoisotopic (exact) mass is 438 g/mol. The first kappa shape index (κ1) is 20.9. The maximum Gasteiger partial charge on any atom is 0.261 e.